The van der Waals surface area contributed by atoms with Crippen LogP contribution in [-0.2, 0) is 14.8 Å². The first-order valence-electron chi connectivity index (χ1n) is 9.01. The summed E-state index contributed by atoms with van der Waals surface area (Å²) in [6, 6.07) is 14.2. The van der Waals surface area contributed by atoms with Gasteiger partial charge in [-0.05, 0) is 50.2 Å². The minimum Gasteiger partial charge on any atom is -0.462 e. The first-order chi connectivity index (χ1) is 12.9. The molecule has 1 saturated heterocycles. The average molecular weight is 388 g/mol. The molecular weight excluding hydrogens is 364 g/mol. The molecule has 1 aliphatic heterocycles. The number of sulfonamides is 1. The second kappa shape index (κ2) is 8.10. The van der Waals surface area contributed by atoms with Crippen LogP contribution in [0.15, 0.2) is 53.4 Å². The maximum atomic E-state index is 12.8. The van der Waals surface area contributed by atoms with Gasteiger partial charge in [-0.25, -0.2) is 13.2 Å². The molecule has 0 atom stereocenters. The van der Waals surface area contributed by atoms with Gasteiger partial charge in [0.25, 0.3) is 0 Å². The zero-order valence-corrected chi connectivity index (χ0v) is 16.4. The molecule has 27 heavy (non-hydrogen) atoms. The van der Waals surface area contributed by atoms with Gasteiger partial charge in [0.2, 0.25) is 10.0 Å². The lowest BCUT2D eigenvalue weighted by molar-refractivity contribution is 0.0526. The van der Waals surface area contributed by atoms with E-state index in [1.54, 1.807) is 31.2 Å². The second-order valence-electron chi connectivity index (χ2n) is 6.47. The van der Waals surface area contributed by atoms with Crippen molar-refractivity contribution in [3.05, 3.63) is 59.7 Å². The zero-order valence-electron chi connectivity index (χ0n) is 15.6. The fourth-order valence-electron chi connectivity index (χ4n) is 3.07. The number of ether oxygens (including phenoxy) is 1. The molecule has 7 heteroatoms. The number of benzene rings is 2. The topological polar surface area (TPSA) is 66.9 Å². The summed E-state index contributed by atoms with van der Waals surface area (Å²) >= 11 is 0. The molecule has 6 nitrogen and oxygen atoms in total. The number of carbonyl (C=O) groups is 1. The van der Waals surface area contributed by atoms with Gasteiger partial charge in [0.1, 0.15) is 0 Å². The maximum Gasteiger partial charge on any atom is 0.338 e. The molecule has 0 radical (unpaired) electrons. The number of nitrogens with zero attached hydrogens (tertiary/aromatic N) is 2. The van der Waals surface area contributed by atoms with Gasteiger partial charge >= 0.3 is 5.97 Å². The van der Waals surface area contributed by atoms with Crippen LogP contribution in [0.1, 0.15) is 22.8 Å². The highest BCUT2D eigenvalue weighted by Crippen LogP contribution is 2.22. The Labute approximate surface area is 160 Å². The Kier molecular flexibility index (Phi) is 5.82. The molecule has 0 bridgehead atoms. The van der Waals surface area contributed by atoms with Gasteiger partial charge < -0.3 is 9.64 Å². The molecule has 0 aromatic heterocycles. The van der Waals surface area contributed by atoms with Gasteiger partial charge in [0, 0.05) is 31.9 Å². The van der Waals surface area contributed by atoms with Crippen LogP contribution in [-0.4, -0.2) is 51.5 Å². The Morgan fingerprint density at radius 2 is 1.56 bits per heavy atom. The molecule has 0 unspecified atom stereocenters. The van der Waals surface area contributed by atoms with Crippen molar-refractivity contribution in [3.63, 3.8) is 0 Å². The minimum absolute atomic E-state index is 0.334. The standard InChI is InChI=1S/C20H24N2O4S/c1-3-26-20(23)17-6-8-18(9-7-17)21-12-14-22(15-13-21)27(24,25)19-10-4-16(2)5-11-19/h4-11H,3,12-15H2,1-2H3. The number of carbonyl (C=O) groups excluding carboxylic acids is 1. The van der Waals surface area contributed by atoms with E-state index in [4.69, 9.17) is 4.74 Å². The highest BCUT2D eigenvalue weighted by molar-refractivity contribution is 7.89. The fourth-order valence-corrected chi connectivity index (χ4v) is 4.49. The molecule has 3 rings (SSSR count). The monoisotopic (exact) mass is 388 g/mol. The Morgan fingerprint density at radius 1 is 0.963 bits per heavy atom. The van der Waals surface area contributed by atoms with Crippen LogP contribution in [0.2, 0.25) is 0 Å². The number of hydrogen-bond donors (Lipinski definition) is 0. The average Bonchev–Trinajstić information content (AvgIpc) is 2.69. The van der Waals surface area contributed by atoms with Gasteiger partial charge in [-0.2, -0.15) is 4.31 Å². The predicted molar refractivity (Wildman–Crippen MR) is 105 cm³/mol. The first-order valence-corrected chi connectivity index (χ1v) is 10.4. The highest BCUT2D eigenvalue weighted by atomic mass is 32.2. The summed E-state index contributed by atoms with van der Waals surface area (Å²) in [6.07, 6.45) is 0. The van der Waals surface area contributed by atoms with E-state index in [1.807, 2.05) is 31.2 Å². The number of aryl methyl sites for hydroxylation is 1. The van der Waals surface area contributed by atoms with Gasteiger partial charge in [-0.1, -0.05) is 17.7 Å². The van der Waals surface area contributed by atoms with E-state index < -0.39 is 10.0 Å². The second-order valence-corrected chi connectivity index (χ2v) is 8.41. The van der Waals surface area contributed by atoms with Crippen LogP contribution in [0.3, 0.4) is 0 Å². The summed E-state index contributed by atoms with van der Waals surface area (Å²) in [5.74, 6) is -0.335. The third-order valence-electron chi connectivity index (χ3n) is 4.64. The summed E-state index contributed by atoms with van der Waals surface area (Å²) in [5, 5.41) is 0. The molecule has 1 heterocycles. The lowest BCUT2D eigenvalue weighted by Crippen LogP contribution is -2.48. The smallest absolute Gasteiger partial charge is 0.338 e. The zero-order chi connectivity index (χ0) is 19.4. The van der Waals surface area contributed by atoms with Crippen molar-refractivity contribution in [2.45, 2.75) is 18.7 Å². The van der Waals surface area contributed by atoms with E-state index in [0.717, 1.165) is 11.3 Å². The molecule has 144 valence electrons. The number of anilines is 1. The van der Waals surface area contributed by atoms with E-state index in [-0.39, 0.29) is 5.97 Å². The van der Waals surface area contributed by atoms with E-state index >= 15 is 0 Å². The maximum absolute atomic E-state index is 12.8. The summed E-state index contributed by atoms with van der Waals surface area (Å²) in [7, 11) is -3.46. The van der Waals surface area contributed by atoms with E-state index in [1.165, 1.54) is 4.31 Å². The van der Waals surface area contributed by atoms with Crippen molar-refractivity contribution < 1.29 is 17.9 Å². The van der Waals surface area contributed by atoms with Crippen LogP contribution >= 0.6 is 0 Å². The van der Waals surface area contributed by atoms with Crippen LogP contribution < -0.4 is 4.90 Å². The Balaban J connectivity index is 1.65. The van der Waals surface area contributed by atoms with Crippen LogP contribution in [0, 0.1) is 6.92 Å². The summed E-state index contributed by atoms with van der Waals surface area (Å²) < 4.78 is 32.1. The molecule has 0 aliphatic carbocycles. The Bertz CT molecular complexity index is 885. The molecule has 1 fully saturated rings. The lowest BCUT2D eigenvalue weighted by atomic mass is 10.2. The molecule has 0 amide bonds. The molecule has 1 aliphatic rings. The van der Waals surface area contributed by atoms with E-state index in [2.05, 4.69) is 4.90 Å². The highest BCUT2D eigenvalue weighted by Gasteiger charge is 2.28. The SMILES string of the molecule is CCOC(=O)c1ccc(N2CCN(S(=O)(=O)c3ccc(C)cc3)CC2)cc1. The molecule has 2 aromatic rings. The minimum atomic E-state index is -3.46. The number of piperazine rings is 1. The Hall–Kier alpha value is -2.38. The third kappa shape index (κ3) is 4.31. The van der Waals surface area contributed by atoms with Crippen LogP contribution in [0.25, 0.3) is 0 Å². The summed E-state index contributed by atoms with van der Waals surface area (Å²) in [6.45, 7) is 6.11. The number of esters is 1. The number of hydrogen-bond acceptors (Lipinski definition) is 5. The predicted octanol–water partition coefficient (Wildman–Crippen LogP) is 2.68. The quantitative estimate of drug-likeness (QED) is 0.737. The van der Waals surface area contributed by atoms with Crippen molar-refractivity contribution in [1.29, 1.82) is 0 Å². The van der Waals surface area contributed by atoms with Gasteiger partial charge in [0.05, 0.1) is 17.1 Å². The molecule has 0 N–H and O–H groups in total. The van der Waals surface area contributed by atoms with Gasteiger partial charge in [0.15, 0.2) is 0 Å². The molecule has 0 spiro atoms. The van der Waals surface area contributed by atoms with Crippen LogP contribution in [0.4, 0.5) is 5.69 Å². The summed E-state index contributed by atoms with van der Waals surface area (Å²) in [5.41, 5.74) is 2.52. The largest absolute Gasteiger partial charge is 0.462 e. The third-order valence-corrected chi connectivity index (χ3v) is 6.55. The molecular formula is C20H24N2O4S. The van der Waals surface area contributed by atoms with Crippen molar-refractivity contribution in [2.75, 3.05) is 37.7 Å². The van der Waals surface area contributed by atoms with Gasteiger partial charge in [-0.3, -0.25) is 0 Å². The van der Waals surface area contributed by atoms with Crippen LogP contribution in [0.5, 0.6) is 0 Å². The Morgan fingerprint density at radius 3 is 2.11 bits per heavy atom. The van der Waals surface area contributed by atoms with Crippen molar-refractivity contribution in [2.24, 2.45) is 0 Å². The fraction of sp³-hybridized carbons (Fsp3) is 0.350. The normalized spacial score (nSPS) is 15.6. The first kappa shape index (κ1) is 19.4. The summed E-state index contributed by atoms with van der Waals surface area (Å²) in [4.78, 5) is 14.2. The van der Waals surface area contributed by atoms with Gasteiger partial charge in [-0.15, -0.1) is 0 Å². The molecule has 0 saturated carbocycles. The van der Waals surface area contributed by atoms with E-state index in [0.29, 0.717) is 43.2 Å². The number of rotatable bonds is 5. The molecule has 2 aromatic carbocycles. The van der Waals surface area contributed by atoms with Crippen molar-refractivity contribution >= 4 is 21.7 Å². The van der Waals surface area contributed by atoms with Crippen molar-refractivity contribution in [1.82, 2.24) is 4.31 Å². The lowest BCUT2D eigenvalue weighted by Gasteiger charge is -2.35. The van der Waals surface area contributed by atoms with Crippen molar-refractivity contribution in [3.8, 4) is 0 Å². The van der Waals surface area contributed by atoms with E-state index in [9.17, 15) is 13.2 Å².